The minimum Gasteiger partial charge on any atom is -0.248 e. The summed E-state index contributed by atoms with van der Waals surface area (Å²) >= 11 is 9.11. The molecule has 0 unspecified atom stereocenters. The van der Waals surface area contributed by atoms with Gasteiger partial charge in [0.2, 0.25) is 4.73 Å². The molecule has 0 aliphatic heterocycles. The Morgan fingerprint density at radius 2 is 2.21 bits per heavy atom. The van der Waals surface area contributed by atoms with Gasteiger partial charge in [0, 0.05) is 17.6 Å². The number of halogens is 2. The van der Waals surface area contributed by atoms with Crippen LogP contribution in [0.5, 0.6) is 0 Å². The summed E-state index contributed by atoms with van der Waals surface area (Å²) in [4.78, 5) is 4.23. The fourth-order valence-corrected chi connectivity index (χ4v) is 1.83. The van der Waals surface area contributed by atoms with Crippen LogP contribution in [0, 0.1) is 0 Å². The number of nitrogens with zero attached hydrogens (tertiary/aromatic N) is 3. The quantitative estimate of drug-likeness (QED) is 0.799. The van der Waals surface area contributed by atoms with Crippen LogP contribution in [0.15, 0.2) is 29.0 Å². The Labute approximate surface area is 94.9 Å². The zero-order valence-electron chi connectivity index (χ0n) is 7.41. The van der Waals surface area contributed by atoms with Crippen molar-refractivity contribution < 1.29 is 0 Å². The van der Waals surface area contributed by atoms with E-state index < -0.39 is 0 Å². The Balaban J connectivity index is 2.54. The van der Waals surface area contributed by atoms with Crippen molar-refractivity contribution in [3.63, 3.8) is 0 Å². The minimum atomic E-state index is 0.579. The van der Waals surface area contributed by atoms with Crippen LogP contribution in [-0.4, -0.2) is 14.8 Å². The molecule has 0 N–H and O–H groups in total. The average Bonchev–Trinajstić information content (AvgIpc) is 2.45. The third-order valence-corrected chi connectivity index (χ3v) is 2.39. The number of aromatic nitrogens is 3. The number of hydrogen-bond acceptors (Lipinski definition) is 2. The van der Waals surface area contributed by atoms with E-state index in [-0.39, 0.29) is 0 Å². The highest BCUT2D eigenvalue weighted by Gasteiger charge is 2.07. The number of aryl methyl sites for hydroxylation is 1. The summed E-state index contributed by atoms with van der Waals surface area (Å²) in [6.45, 7) is 0. The number of hydrogen-bond donors (Lipinski definition) is 0. The van der Waals surface area contributed by atoms with Crippen molar-refractivity contribution in [3.8, 4) is 11.4 Å². The average molecular weight is 273 g/mol. The van der Waals surface area contributed by atoms with Gasteiger partial charge in [-0.15, -0.1) is 5.10 Å². The first-order valence-electron chi connectivity index (χ1n) is 3.99. The Kier molecular flexibility index (Phi) is 2.56. The first-order chi connectivity index (χ1) is 6.66. The molecule has 3 nitrogen and oxygen atoms in total. The molecule has 5 heteroatoms. The lowest BCUT2D eigenvalue weighted by molar-refractivity contribution is 0.768. The maximum atomic E-state index is 5.88. The molecule has 2 rings (SSSR count). The SMILES string of the molecule is Cn1nc(Br)nc1-c1cccc(Cl)c1. The van der Waals surface area contributed by atoms with E-state index in [2.05, 4.69) is 26.0 Å². The van der Waals surface area contributed by atoms with E-state index in [1.54, 1.807) is 4.68 Å². The molecule has 1 heterocycles. The van der Waals surface area contributed by atoms with Gasteiger partial charge in [-0.2, -0.15) is 0 Å². The molecule has 0 spiro atoms. The molecule has 0 atom stereocenters. The van der Waals surface area contributed by atoms with Gasteiger partial charge in [0.05, 0.1) is 0 Å². The fraction of sp³-hybridized carbons (Fsp3) is 0.111. The molecule has 0 amide bonds. The molecule has 1 aromatic carbocycles. The third kappa shape index (κ3) is 1.81. The summed E-state index contributed by atoms with van der Waals surface area (Å²) in [6.07, 6.45) is 0. The van der Waals surface area contributed by atoms with Crippen molar-refractivity contribution in [1.29, 1.82) is 0 Å². The predicted molar refractivity (Wildman–Crippen MR) is 59.1 cm³/mol. The lowest BCUT2D eigenvalue weighted by Crippen LogP contribution is -1.93. The normalized spacial score (nSPS) is 10.5. The molecule has 0 radical (unpaired) electrons. The van der Waals surface area contributed by atoms with Gasteiger partial charge in [-0.1, -0.05) is 23.7 Å². The summed E-state index contributed by atoms with van der Waals surface area (Å²) in [5, 5.41) is 4.79. The highest BCUT2D eigenvalue weighted by Crippen LogP contribution is 2.21. The number of benzene rings is 1. The van der Waals surface area contributed by atoms with Crippen LogP contribution in [0.4, 0.5) is 0 Å². The van der Waals surface area contributed by atoms with Crippen molar-refractivity contribution >= 4 is 27.5 Å². The van der Waals surface area contributed by atoms with E-state index in [9.17, 15) is 0 Å². The highest BCUT2D eigenvalue weighted by atomic mass is 79.9. The van der Waals surface area contributed by atoms with Gasteiger partial charge < -0.3 is 0 Å². The molecule has 0 aliphatic rings. The molecule has 0 aliphatic carbocycles. The van der Waals surface area contributed by atoms with Crippen LogP contribution < -0.4 is 0 Å². The van der Waals surface area contributed by atoms with Gasteiger partial charge in [0.15, 0.2) is 5.82 Å². The first-order valence-corrected chi connectivity index (χ1v) is 5.16. The van der Waals surface area contributed by atoms with Crippen LogP contribution in [0.3, 0.4) is 0 Å². The Hall–Kier alpha value is -0.870. The van der Waals surface area contributed by atoms with Crippen LogP contribution >= 0.6 is 27.5 Å². The Morgan fingerprint density at radius 3 is 2.79 bits per heavy atom. The smallest absolute Gasteiger partial charge is 0.217 e. The predicted octanol–water partition coefficient (Wildman–Crippen LogP) is 2.90. The monoisotopic (exact) mass is 271 g/mol. The lowest BCUT2D eigenvalue weighted by Gasteiger charge is -1.99. The minimum absolute atomic E-state index is 0.579. The summed E-state index contributed by atoms with van der Waals surface area (Å²) in [7, 11) is 1.84. The van der Waals surface area contributed by atoms with Crippen molar-refractivity contribution in [1.82, 2.24) is 14.8 Å². The third-order valence-electron chi connectivity index (χ3n) is 1.82. The number of rotatable bonds is 1. The second kappa shape index (κ2) is 3.71. The molecule has 2 aromatic rings. The summed E-state index contributed by atoms with van der Waals surface area (Å²) < 4.78 is 2.28. The van der Waals surface area contributed by atoms with Crippen LogP contribution in [0.25, 0.3) is 11.4 Å². The van der Waals surface area contributed by atoms with Gasteiger partial charge in [0.1, 0.15) is 0 Å². The van der Waals surface area contributed by atoms with Gasteiger partial charge in [0.25, 0.3) is 0 Å². The second-order valence-electron chi connectivity index (χ2n) is 2.84. The van der Waals surface area contributed by atoms with Crippen molar-refractivity contribution in [2.24, 2.45) is 7.05 Å². The van der Waals surface area contributed by atoms with Crippen molar-refractivity contribution in [2.45, 2.75) is 0 Å². The summed E-state index contributed by atoms with van der Waals surface area (Å²) in [5.41, 5.74) is 0.957. The Morgan fingerprint density at radius 1 is 1.43 bits per heavy atom. The summed E-state index contributed by atoms with van der Waals surface area (Å²) in [6, 6.07) is 7.52. The van der Waals surface area contributed by atoms with Gasteiger partial charge in [-0.3, -0.25) is 0 Å². The largest absolute Gasteiger partial charge is 0.248 e. The van der Waals surface area contributed by atoms with E-state index >= 15 is 0 Å². The van der Waals surface area contributed by atoms with Gasteiger partial charge in [-0.25, -0.2) is 9.67 Å². The van der Waals surface area contributed by atoms with Crippen LogP contribution in [0.1, 0.15) is 0 Å². The maximum absolute atomic E-state index is 5.88. The molecule has 0 saturated carbocycles. The first kappa shape index (κ1) is 9.68. The second-order valence-corrected chi connectivity index (χ2v) is 3.98. The topological polar surface area (TPSA) is 30.7 Å². The molecular formula is C9H7BrClN3. The Bertz CT molecular complexity index is 467. The van der Waals surface area contributed by atoms with E-state index in [1.807, 2.05) is 31.3 Å². The highest BCUT2D eigenvalue weighted by molar-refractivity contribution is 9.10. The standard InChI is InChI=1S/C9H7BrClN3/c1-14-8(12-9(10)13-14)6-3-2-4-7(11)5-6/h2-5H,1H3. The summed E-state index contributed by atoms with van der Waals surface area (Å²) in [5.74, 6) is 0.791. The lowest BCUT2D eigenvalue weighted by atomic mass is 10.2. The zero-order valence-corrected chi connectivity index (χ0v) is 9.75. The van der Waals surface area contributed by atoms with Crippen molar-refractivity contribution in [2.75, 3.05) is 0 Å². The van der Waals surface area contributed by atoms with E-state index in [1.165, 1.54) is 0 Å². The van der Waals surface area contributed by atoms with Gasteiger partial charge in [-0.05, 0) is 28.1 Å². The van der Waals surface area contributed by atoms with Crippen molar-refractivity contribution in [3.05, 3.63) is 34.0 Å². The van der Waals surface area contributed by atoms with E-state index in [4.69, 9.17) is 11.6 Å². The van der Waals surface area contributed by atoms with E-state index in [0.717, 1.165) is 11.4 Å². The molecule has 0 saturated heterocycles. The maximum Gasteiger partial charge on any atom is 0.217 e. The molecule has 14 heavy (non-hydrogen) atoms. The molecular weight excluding hydrogens is 265 g/mol. The molecule has 0 bridgehead atoms. The fourth-order valence-electron chi connectivity index (χ4n) is 1.23. The zero-order chi connectivity index (χ0) is 10.1. The molecule has 0 fully saturated rings. The molecule has 72 valence electrons. The van der Waals surface area contributed by atoms with Crippen LogP contribution in [-0.2, 0) is 7.05 Å². The van der Waals surface area contributed by atoms with Crippen LogP contribution in [0.2, 0.25) is 5.02 Å². The van der Waals surface area contributed by atoms with E-state index in [0.29, 0.717) is 9.76 Å². The molecule has 1 aromatic heterocycles. The van der Waals surface area contributed by atoms with Gasteiger partial charge >= 0.3 is 0 Å².